The van der Waals surface area contributed by atoms with Crippen LogP contribution in [0.25, 0.3) is 16.5 Å². The summed E-state index contributed by atoms with van der Waals surface area (Å²) >= 11 is 0. The summed E-state index contributed by atoms with van der Waals surface area (Å²) in [7, 11) is -2.43. The van der Waals surface area contributed by atoms with Gasteiger partial charge in [0, 0.05) is 71.2 Å². The Morgan fingerprint density at radius 3 is 2.41 bits per heavy atom. The van der Waals surface area contributed by atoms with Crippen molar-refractivity contribution in [2.24, 2.45) is 0 Å². The maximum atomic E-state index is 13.6. The van der Waals surface area contributed by atoms with Gasteiger partial charge in [0.25, 0.3) is 0 Å². The average Bonchev–Trinajstić information content (AvgIpc) is 3.61. The minimum atomic E-state index is -2.43. The highest BCUT2D eigenvalue weighted by Gasteiger charge is 2.23. The fraction of sp³-hybridized carbons (Fsp3) is 0.286. The zero-order chi connectivity index (χ0) is 39.3. The third-order valence-corrected chi connectivity index (χ3v) is 10.8. The molecule has 1 fully saturated rings. The molecule has 0 unspecified atom stereocenters. The molecular weight excluding hydrogens is 727 g/mol. The van der Waals surface area contributed by atoms with Crippen molar-refractivity contribution in [1.82, 2.24) is 24.6 Å². The van der Waals surface area contributed by atoms with E-state index < -0.39 is 13.2 Å². The second kappa shape index (κ2) is 16.5. The van der Waals surface area contributed by atoms with Crippen LogP contribution in [-0.4, -0.2) is 83.5 Å². The van der Waals surface area contributed by atoms with Crippen molar-refractivity contribution in [3.63, 3.8) is 0 Å². The number of benzene rings is 4. The summed E-state index contributed by atoms with van der Waals surface area (Å²) in [5, 5.41) is 16.4. The molecule has 2 amide bonds. The SMILES string of the molecule is CC(C)(C)c1cc(NC(=O)Nc2ccc(Oc3ccnc(Nc4cccc(OCCN5CCOCC5)c4)n3)c3ccccc23)n(-c2ccc(P(C)(C)=O)cc2)n1. The van der Waals surface area contributed by atoms with E-state index >= 15 is 0 Å². The minimum Gasteiger partial charge on any atom is -0.492 e. The van der Waals surface area contributed by atoms with Crippen LogP contribution in [0.1, 0.15) is 26.5 Å². The number of fused-ring (bicyclic) bond motifs is 1. The Morgan fingerprint density at radius 1 is 0.893 bits per heavy atom. The quantitative estimate of drug-likeness (QED) is 0.104. The maximum absolute atomic E-state index is 13.6. The summed E-state index contributed by atoms with van der Waals surface area (Å²) in [4.78, 5) is 24.9. The molecule has 14 heteroatoms. The van der Waals surface area contributed by atoms with Gasteiger partial charge < -0.3 is 29.4 Å². The second-order valence-corrected chi connectivity index (χ2v) is 18.2. The Hall–Kier alpha value is -5.75. The summed E-state index contributed by atoms with van der Waals surface area (Å²) < 4.78 is 32.1. The van der Waals surface area contributed by atoms with Crippen LogP contribution < -0.4 is 30.7 Å². The molecule has 2 aromatic heterocycles. The number of amides is 2. The average molecular weight is 775 g/mol. The van der Waals surface area contributed by atoms with Crippen LogP contribution in [0.5, 0.6) is 17.4 Å². The monoisotopic (exact) mass is 774 g/mol. The van der Waals surface area contributed by atoms with Crippen LogP contribution >= 0.6 is 7.14 Å². The molecule has 56 heavy (non-hydrogen) atoms. The molecule has 1 saturated heterocycles. The molecule has 6 aromatic rings. The van der Waals surface area contributed by atoms with Gasteiger partial charge in [-0.2, -0.15) is 10.1 Å². The number of nitrogens with zero attached hydrogens (tertiary/aromatic N) is 5. The molecule has 0 saturated carbocycles. The molecule has 0 atom stereocenters. The lowest BCUT2D eigenvalue weighted by molar-refractivity contribution is 0.0322. The Bertz CT molecular complexity index is 2360. The van der Waals surface area contributed by atoms with E-state index in [0.29, 0.717) is 35.7 Å². The Balaban J connectivity index is 1.04. The Labute approximate surface area is 326 Å². The molecule has 0 bridgehead atoms. The fourth-order valence-corrected chi connectivity index (χ4v) is 7.07. The molecule has 3 heterocycles. The van der Waals surface area contributed by atoms with Gasteiger partial charge >= 0.3 is 6.03 Å². The number of aromatic nitrogens is 4. The molecule has 0 aliphatic carbocycles. The van der Waals surface area contributed by atoms with Gasteiger partial charge in [-0.1, -0.05) is 51.1 Å². The molecule has 7 rings (SSSR count). The number of nitrogens with one attached hydrogen (secondary N) is 3. The summed E-state index contributed by atoms with van der Waals surface area (Å²) in [5.74, 6) is 2.53. The predicted octanol–water partition coefficient (Wildman–Crippen LogP) is 8.25. The van der Waals surface area contributed by atoms with E-state index in [9.17, 15) is 9.36 Å². The van der Waals surface area contributed by atoms with Gasteiger partial charge in [-0.15, -0.1) is 0 Å². The lowest BCUT2D eigenvalue weighted by Gasteiger charge is -2.26. The van der Waals surface area contributed by atoms with Crippen LogP contribution in [0.15, 0.2) is 103 Å². The van der Waals surface area contributed by atoms with Crippen LogP contribution in [0.2, 0.25) is 0 Å². The maximum Gasteiger partial charge on any atom is 0.324 e. The largest absolute Gasteiger partial charge is 0.492 e. The Morgan fingerprint density at radius 2 is 1.66 bits per heavy atom. The summed E-state index contributed by atoms with van der Waals surface area (Å²) in [6.07, 6.45) is 1.63. The molecule has 0 radical (unpaired) electrons. The van der Waals surface area contributed by atoms with E-state index in [1.165, 1.54) is 0 Å². The van der Waals surface area contributed by atoms with Crippen molar-refractivity contribution in [2.75, 3.05) is 68.7 Å². The molecule has 13 nitrogen and oxygen atoms in total. The highest BCUT2D eigenvalue weighted by Crippen LogP contribution is 2.36. The fourth-order valence-electron chi connectivity index (χ4n) is 6.21. The molecule has 0 spiro atoms. The smallest absolute Gasteiger partial charge is 0.324 e. The van der Waals surface area contributed by atoms with Gasteiger partial charge in [0.05, 0.1) is 30.3 Å². The normalized spacial score (nSPS) is 13.7. The van der Waals surface area contributed by atoms with Gasteiger partial charge in [-0.25, -0.2) is 14.5 Å². The highest BCUT2D eigenvalue weighted by molar-refractivity contribution is 7.70. The van der Waals surface area contributed by atoms with Crippen molar-refractivity contribution < 1.29 is 23.6 Å². The van der Waals surface area contributed by atoms with E-state index in [0.717, 1.165) is 71.7 Å². The number of anilines is 4. The van der Waals surface area contributed by atoms with Crippen molar-refractivity contribution in [3.8, 4) is 23.1 Å². The van der Waals surface area contributed by atoms with Crippen LogP contribution in [0.4, 0.5) is 27.9 Å². The first-order valence-electron chi connectivity index (χ1n) is 18.6. The molecule has 1 aliphatic heterocycles. The van der Waals surface area contributed by atoms with Gasteiger partial charge in [0.1, 0.15) is 31.1 Å². The van der Waals surface area contributed by atoms with Crippen LogP contribution in [-0.2, 0) is 14.7 Å². The van der Waals surface area contributed by atoms with Crippen molar-refractivity contribution in [3.05, 3.63) is 109 Å². The molecular formula is C42H47N8O5P. The second-order valence-electron chi connectivity index (χ2n) is 15.0. The molecule has 4 aromatic carbocycles. The lowest BCUT2D eigenvalue weighted by atomic mass is 9.92. The van der Waals surface area contributed by atoms with Crippen LogP contribution in [0, 0.1) is 0 Å². The lowest BCUT2D eigenvalue weighted by Crippen LogP contribution is -2.38. The van der Waals surface area contributed by atoms with Gasteiger partial charge in [0.15, 0.2) is 0 Å². The number of ether oxygens (including phenoxy) is 3. The third kappa shape index (κ3) is 9.54. The Kier molecular flexibility index (Phi) is 11.4. The number of morpholine rings is 1. The van der Waals surface area contributed by atoms with Crippen molar-refractivity contribution in [1.29, 1.82) is 0 Å². The molecule has 290 valence electrons. The topological polar surface area (TPSA) is 145 Å². The highest BCUT2D eigenvalue weighted by atomic mass is 31.2. The van der Waals surface area contributed by atoms with Crippen molar-refractivity contribution in [2.45, 2.75) is 26.2 Å². The van der Waals surface area contributed by atoms with Crippen LogP contribution in [0.3, 0.4) is 0 Å². The molecule has 1 aliphatic rings. The number of hydrogen-bond acceptors (Lipinski definition) is 10. The zero-order valence-electron chi connectivity index (χ0n) is 32.3. The predicted molar refractivity (Wildman–Crippen MR) is 223 cm³/mol. The number of hydrogen-bond donors (Lipinski definition) is 3. The molecule has 3 N–H and O–H groups in total. The number of carbonyl (C=O) groups is 1. The van der Waals surface area contributed by atoms with E-state index in [1.807, 2.05) is 78.9 Å². The van der Waals surface area contributed by atoms with Gasteiger partial charge in [0.2, 0.25) is 11.8 Å². The number of carbonyl (C=O) groups excluding carboxylic acids is 1. The first-order chi connectivity index (χ1) is 26.9. The summed E-state index contributed by atoms with van der Waals surface area (Å²) in [6, 6.07) is 29.5. The van der Waals surface area contributed by atoms with Gasteiger partial charge in [-0.3, -0.25) is 10.2 Å². The standard InChI is InChI=1S/C42H47N8O5P/c1-42(2,3)37-28-38(50(48-37)30-13-15-32(16-14-30)56(4,5)52)46-41(51)45-35-17-18-36(34-12-7-6-11-33(34)35)55-39-19-20-43-40(47-39)44-29-9-8-10-31(27-29)54-26-23-49-21-24-53-25-22-49/h6-20,27-28H,21-26H2,1-5H3,(H,43,44,47)(H2,45,46,51). The minimum absolute atomic E-state index is 0.267. The first kappa shape index (κ1) is 38.5. The third-order valence-electron chi connectivity index (χ3n) is 9.28. The van der Waals surface area contributed by atoms with E-state index in [4.69, 9.17) is 19.3 Å². The first-order valence-corrected chi connectivity index (χ1v) is 21.2. The number of urea groups is 1. The van der Waals surface area contributed by atoms with Crippen molar-refractivity contribution >= 4 is 52.4 Å². The number of rotatable bonds is 12. The van der Waals surface area contributed by atoms with E-state index in [-0.39, 0.29) is 5.41 Å². The van der Waals surface area contributed by atoms with E-state index in [1.54, 1.807) is 42.4 Å². The summed E-state index contributed by atoms with van der Waals surface area (Å²) in [5.41, 5.74) is 2.65. The summed E-state index contributed by atoms with van der Waals surface area (Å²) in [6.45, 7) is 14.5. The van der Waals surface area contributed by atoms with E-state index in [2.05, 4.69) is 51.6 Å². The zero-order valence-corrected chi connectivity index (χ0v) is 33.2. The van der Waals surface area contributed by atoms with Gasteiger partial charge in [-0.05, 0) is 61.9 Å².